The highest BCUT2D eigenvalue weighted by Crippen LogP contribution is 2.36. The molecule has 82 valence electrons. The molecule has 0 saturated heterocycles. The van der Waals surface area contributed by atoms with Crippen molar-refractivity contribution in [2.24, 2.45) is 0 Å². The SMILES string of the molecule is C=Cc1nc(NCC)nc(C(Cl)(Cl)Cl)n1. The Kier molecular flexibility index (Phi) is 4.13. The Morgan fingerprint density at radius 1 is 1.33 bits per heavy atom. The minimum atomic E-state index is -1.66. The van der Waals surface area contributed by atoms with Gasteiger partial charge in [-0.25, -0.2) is 4.98 Å². The van der Waals surface area contributed by atoms with Crippen LogP contribution in [-0.2, 0) is 3.79 Å². The zero-order chi connectivity index (χ0) is 11.5. The van der Waals surface area contributed by atoms with Gasteiger partial charge >= 0.3 is 0 Å². The molecule has 0 aliphatic heterocycles. The van der Waals surface area contributed by atoms with E-state index in [0.29, 0.717) is 18.3 Å². The number of anilines is 1. The van der Waals surface area contributed by atoms with Crippen LogP contribution in [0.3, 0.4) is 0 Å². The van der Waals surface area contributed by atoms with Gasteiger partial charge in [0.1, 0.15) is 0 Å². The maximum absolute atomic E-state index is 5.68. The normalized spacial score (nSPS) is 11.2. The molecule has 4 nitrogen and oxygen atoms in total. The van der Waals surface area contributed by atoms with Crippen molar-refractivity contribution >= 4 is 46.8 Å². The molecule has 0 amide bonds. The maximum atomic E-state index is 5.68. The molecule has 0 atom stereocenters. The van der Waals surface area contributed by atoms with Gasteiger partial charge in [-0.2, -0.15) is 9.97 Å². The summed E-state index contributed by atoms with van der Waals surface area (Å²) in [5.74, 6) is 0.805. The Hall–Kier alpha value is -0.580. The molecule has 0 spiro atoms. The van der Waals surface area contributed by atoms with Crippen molar-refractivity contribution in [1.82, 2.24) is 15.0 Å². The minimum Gasteiger partial charge on any atom is -0.354 e. The molecule has 0 aliphatic carbocycles. The lowest BCUT2D eigenvalue weighted by molar-refractivity contribution is 0.902. The van der Waals surface area contributed by atoms with Gasteiger partial charge in [-0.3, -0.25) is 0 Å². The molecule has 15 heavy (non-hydrogen) atoms. The van der Waals surface area contributed by atoms with E-state index in [1.54, 1.807) is 0 Å². The number of hydrogen-bond acceptors (Lipinski definition) is 4. The molecule has 0 fully saturated rings. The highest BCUT2D eigenvalue weighted by molar-refractivity contribution is 6.66. The largest absolute Gasteiger partial charge is 0.354 e. The first-order valence-electron chi connectivity index (χ1n) is 4.17. The zero-order valence-electron chi connectivity index (χ0n) is 7.97. The molecule has 1 N–H and O–H groups in total. The van der Waals surface area contributed by atoms with E-state index in [4.69, 9.17) is 34.8 Å². The van der Waals surface area contributed by atoms with E-state index in [1.807, 2.05) is 6.92 Å². The molecule has 1 aromatic heterocycles. The Balaban J connectivity index is 3.17. The van der Waals surface area contributed by atoms with Gasteiger partial charge in [0, 0.05) is 6.54 Å². The number of aromatic nitrogens is 3. The van der Waals surface area contributed by atoms with Crippen molar-refractivity contribution in [2.75, 3.05) is 11.9 Å². The fraction of sp³-hybridized carbons (Fsp3) is 0.375. The lowest BCUT2D eigenvalue weighted by Gasteiger charge is -2.11. The van der Waals surface area contributed by atoms with E-state index in [-0.39, 0.29) is 5.82 Å². The quantitative estimate of drug-likeness (QED) is 0.856. The summed E-state index contributed by atoms with van der Waals surface area (Å²) in [6.07, 6.45) is 1.46. The van der Waals surface area contributed by atoms with Crippen LogP contribution in [0, 0.1) is 0 Å². The van der Waals surface area contributed by atoms with Crippen molar-refractivity contribution in [3.63, 3.8) is 0 Å². The van der Waals surface area contributed by atoms with Crippen LogP contribution in [0.25, 0.3) is 6.08 Å². The minimum absolute atomic E-state index is 0.0772. The van der Waals surface area contributed by atoms with Crippen LogP contribution < -0.4 is 5.32 Å². The smallest absolute Gasteiger partial charge is 0.250 e. The Morgan fingerprint density at radius 2 is 2.00 bits per heavy atom. The second-order valence-electron chi connectivity index (χ2n) is 2.57. The molecule has 0 unspecified atom stereocenters. The molecule has 0 saturated carbocycles. The van der Waals surface area contributed by atoms with Crippen molar-refractivity contribution in [2.45, 2.75) is 10.7 Å². The summed E-state index contributed by atoms with van der Waals surface area (Å²) in [4.78, 5) is 11.9. The lowest BCUT2D eigenvalue weighted by atomic mass is 10.5. The Morgan fingerprint density at radius 3 is 2.47 bits per heavy atom. The first kappa shape index (κ1) is 12.5. The molecule has 1 aromatic rings. The van der Waals surface area contributed by atoms with Crippen LogP contribution in [0.15, 0.2) is 6.58 Å². The topological polar surface area (TPSA) is 50.7 Å². The average Bonchev–Trinajstić information content (AvgIpc) is 2.16. The van der Waals surface area contributed by atoms with Gasteiger partial charge in [0.2, 0.25) is 9.74 Å². The molecular weight excluding hydrogens is 258 g/mol. The van der Waals surface area contributed by atoms with Gasteiger partial charge in [0.25, 0.3) is 0 Å². The van der Waals surface area contributed by atoms with Crippen LogP contribution in [0.4, 0.5) is 5.95 Å². The molecular formula is C8H9Cl3N4. The predicted octanol–water partition coefficient (Wildman–Crippen LogP) is 2.77. The third-order valence-corrected chi connectivity index (χ3v) is 1.93. The second-order valence-corrected chi connectivity index (χ2v) is 4.85. The predicted molar refractivity (Wildman–Crippen MR) is 63.3 cm³/mol. The molecule has 1 heterocycles. The molecule has 1 rings (SSSR count). The van der Waals surface area contributed by atoms with Crippen LogP contribution in [0.2, 0.25) is 0 Å². The van der Waals surface area contributed by atoms with Gasteiger partial charge in [-0.1, -0.05) is 41.4 Å². The molecule has 0 aromatic carbocycles. The second kappa shape index (κ2) is 4.96. The van der Waals surface area contributed by atoms with Crippen molar-refractivity contribution in [3.05, 3.63) is 18.2 Å². The standard InChI is InChI=1S/C8H9Cl3N4/c1-3-5-13-6(8(9,10)11)15-7(14-5)12-4-2/h3H,1,4H2,2H3,(H,12,13,14,15). The summed E-state index contributed by atoms with van der Waals surface area (Å²) >= 11 is 17.0. The van der Waals surface area contributed by atoms with Crippen LogP contribution in [0.5, 0.6) is 0 Å². The average molecular weight is 268 g/mol. The molecule has 0 radical (unpaired) electrons. The van der Waals surface area contributed by atoms with Gasteiger partial charge in [-0.05, 0) is 13.0 Å². The zero-order valence-corrected chi connectivity index (χ0v) is 10.2. The van der Waals surface area contributed by atoms with Crippen LogP contribution >= 0.6 is 34.8 Å². The van der Waals surface area contributed by atoms with E-state index < -0.39 is 3.79 Å². The summed E-state index contributed by atoms with van der Waals surface area (Å²) < 4.78 is -1.66. The lowest BCUT2D eigenvalue weighted by Crippen LogP contribution is -2.13. The van der Waals surface area contributed by atoms with Crippen molar-refractivity contribution in [1.29, 1.82) is 0 Å². The number of hydrogen-bond donors (Lipinski definition) is 1. The summed E-state index contributed by atoms with van der Waals surface area (Å²) in [5, 5.41) is 2.91. The third kappa shape index (κ3) is 3.48. The van der Waals surface area contributed by atoms with Crippen LogP contribution in [0.1, 0.15) is 18.6 Å². The Labute approximate surface area is 103 Å². The first-order valence-corrected chi connectivity index (χ1v) is 5.30. The van der Waals surface area contributed by atoms with E-state index >= 15 is 0 Å². The first-order chi connectivity index (χ1) is 6.97. The van der Waals surface area contributed by atoms with E-state index in [2.05, 4.69) is 26.8 Å². The summed E-state index contributed by atoms with van der Waals surface area (Å²) in [6, 6.07) is 0. The summed E-state index contributed by atoms with van der Waals surface area (Å²) in [6.45, 7) is 6.12. The number of halogens is 3. The number of nitrogens with one attached hydrogen (secondary N) is 1. The maximum Gasteiger partial charge on any atom is 0.250 e. The van der Waals surface area contributed by atoms with Crippen molar-refractivity contribution in [3.8, 4) is 0 Å². The van der Waals surface area contributed by atoms with Crippen molar-refractivity contribution < 1.29 is 0 Å². The Bertz CT molecular complexity index is 361. The number of rotatable bonds is 3. The van der Waals surface area contributed by atoms with E-state index in [9.17, 15) is 0 Å². The van der Waals surface area contributed by atoms with Gasteiger partial charge in [0.05, 0.1) is 0 Å². The molecule has 0 bridgehead atoms. The highest BCUT2D eigenvalue weighted by Gasteiger charge is 2.27. The number of alkyl halides is 3. The third-order valence-electron chi connectivity index (χ3n) is 1.42. The fourth-order valence-electron chi connectivity index (χ4n) is 0.848. The number of nitrogens with zero attached hydrogens (tertiary/aromatic N) is 3. The summed E-state index contributed by atoms with van der Waals surface area (Å²) in [5.41, 5.74) is 0. The molecule has 0 aliphatic rings. The highest BCUT2D eigenvalue weighted by atomic mass is 35.6. The van der Waals surface area contributed by atoms with E-state index in [1.165, 1.54) is 6.08 Å². The monoisotopic (exact) mass is 266 g/mol. The summed E-state index contributed by atoms with van der Waals surface area (Å²) in [7, 11) is 0. The van der Waals surface area contributed by atoms with E-state index in [0.717, 1.165) is 0 Å². The van der Waals surface area contributed by atoms with Gasteiger partial charge in [-0.15, -0.1) is 0 Å². The van der Waals surface area contributed by atoms with Crippen LogP contribution in [-0.4, -0.2) is 21.5 Å². The molecule has 7 heteroatoms. The van der Waals surface area contributed by atoms with Gasteiger partial charge < -0.3 is 5.32 Å². The fourth-order valence-corrected chi connectivity index (χ4v) is 1.10. The van der Waals surface area contributed by atoms with Gasteiger partial charge in [0.15, 0.2) is 11.6 Å².